The minimum atomic E-state index is 0.0875. The van der Waals surface area contributed by atoms with E-state index >= 15 is 0 Å². The van der Waals surface area contributed by atoms with Gasteiger partial charge in [0.15, 0.2) is 0 Å². The van der Waals surface area contributed by atoms with Gasteiger partial charge in [0.05, 0.1) is 12.7 Å². The molecule has 0 aromatic carbocycles. The predicted molar refractivity (Wildman–Crippen MR) is 70.6 cm³/mol. The van der Waals surface area contributed by atoms with Gasteiger partial charge >= 0.3 is 0 Å². The van der Waals surface area contributed by atoms with Gasteiger partial charge in [0.2, 0.25) is 5.91 Å². The van der Waals surface area contributed by atoms with Crippen LogP contribution in [0.5, 0.6) is 0 Å². The van der Waals surface area contributed by atoms with Gasteiger partial charge < -0.3 is 4.90 Å². The molecule has 94 valence electrons. The van der Waals surface area contributed by atoms with E-state index in [-0.39, 0.29) is 6.04 Å². The average molecular weight is 244 g/mol. The molecule has 1 fully saturated rings. The third-order valence-corrected chi connectivity index (χ3v) is 4.23. The zero-order valence-electron chi connectivity index (χ0n) is 10.7. The van der Waals surface area contributed by atoms with Gasteiger partial charge in [-0.1, -0.05) is 26.7 Å². The van der Waals surface area contributed by atoms with E-state index in [2.05, 4.69) is 25.4 Å². The standard InChI is InChI=1S/C12H24N2OS/c1-4-5-6-11-12(15)14(9-13-11)8-7-10(2)16-3/h10-11,13H,4-9H2,1-3H3. The summed E-state index contributed by atoms with van der Waals surface area (Å²) in [7, 11) is 0. The molecule has 3 nitrogen and oxygen atoms in total. The third kappa shape index (κ3) is 3.98. The summed E-state index contributed by atoms with van der Waals surface area (Å²) in [6.07, 6.45) is 6.51. The van der Waals surface area contributed by atoms with Crippen LogP contribution in [0, 0.1) is 0 Å². The fourth-order valence-corrected chi connectivity index (χ4v) is 2.23. The molecule has 1 aliphatic rings. The van der Waals surface area contributed by atoms with Crippen molar-refractivity contribution in [1.82, 2.24) is 10.2 Å². The van der Waals surface area contributed by atoms with Crippen molar-refractivity contribution in [2.45, 2.75) is 50.8 Å². The highest BCUT2D eigenvalue weighted by atomic mass is 32.2. The van der Waals surface area contributed by atoms with Crippen LogP contribution in [0.1, 0.15) is 39.5 Å². The van der Waals surface area contributed by atoms with Crippen LogP contribution in [0.3, 0.4) is 0 Å². The van der Waals surface area contributed by atoms with Crippen molar-refractivity contribution < 1.29 is 4.79 Å². The van der Waals surface area contributed by atoms with E-state index in [0.717, 1.165) is 38.9 Å². The van der Waals surface area contributed by atoms with Gasteiger partial charge in [-0.25, -0.2) is 0 Å². The number of hydrogen-bond donors (Lipinski definition) is 1. The fourth-order valence-electron chi connectivity index (χ4n) is 1.88. The molecule has 0 bridgehead atoms. The molecule has 1 N–H and O–H groups in total. The Bertz CT molecular complexity index is 223. The Balaban J connectivity index is 2.27. The number of nitrogens with zero attached hydrogens (tertiary/aromatic N) is 1. The lowest BCUT2D eigenvalue weighted by Gasteiger charge is -2.17. The summed E-state index contributed by atoms with van der Waals surface area (Å²) < 4.78 is 0. The quantitative estimate of drug-likeness (QED) is 0.744. The molecule has 1 rings (SSSR count). The molecule has 1 amide bonds. The monoisotopic (exact) mass is 244 g/mol. The number of rotatable bonds is 7. The Morgan fingerprint density at radius 3 is 3.00 bits per heavy atom. The van der Waals surface area contributed by atoms with Crippen LogP contribution in [0.25, 0.3) is 0 Å². The van der Waals surface area contributed by atoms with E-state index in [9.17, 15) is 4.79 Å². The minimum Gasteiger partial charge on any atom is -0.329 e. The summed E-state index contributed by atoms with van der Waals surface area (Å²) in [5.41, 5.74) is 0. The van der Waals surface area contributed by atoms with Crippen molar-refractivity contribution in [1.29, 1.82) is 0 Å². The molecular weight excluding hydrogens is 220 g/mol. The van der Waals surface area contributed by atoms with Gasteiger partial charge in [-0.3, -0.25) is 10.1 Å². The molecule has 1 heterocycles. The van der Waals surface area contributed by atoms with Crippen LogP contribution in [-0.2, 0) is 4.79 Å². The Labute approximate surface area is 103 Å². The van der Waals surface area contributed by atoms with Crippen LogP contribution in [0.4, 0.5) is 0 Å². The van der Waals surface area contributed by atoms with Crippen LogP contribution >= 0.6 is 11.8 Å². The van der Waals surface area contributed by atoms with Gasteiger partial charge in [-0.15, -0.1) is 0 Å². The summed E-state index contributed by atoms with van der Waals surface area (Å²) in [4.78, 5) is 13.9. The first-order valence-corrected chi connectivity index (χ1v) is 7.52. The van der Waals surface area contributed by atoms with Crippen molar-refractivity contribution >= 4 is 17.7 Å². The van der Waals surface area contributed by atoms with Gasteiger partial charge in [0.1, 0.15) is 0 Å². The van der Waals surface area contributed by atoms with Crippen molar-refractivity contribution in [3.63, 3.8) is 0 Å². The first-order valence-electron chi connectivity index (χ1n) is 6.24. The normalized spacial score (nSPS) is 22.8. The number of amides is 1. The van der Waals surface area contributed by atoms with E-state index in [0.29, 0.717) is 11.2 Å². The van der Waals surface area contributed by atoms with E-state index in [1.165, 1.54) is 0 Å². The maximum atomic E-state index is 12.0. The van der Waals surface area contributed by atoms with Crippen LogP contribution in [0.15, 0.2) is 0 Å². The maximum absolute atomic E-state index is 12.0. The average Bonchev–Trinajstić information content (AvgIpc) is 2.64. The minimum absolute atomic E-state index is 0.0875. The molecule has 2 atom stereocenters. The summed E-state index contributed by atoms with van der Waals surface area (Å²) in [6.45, 7) is 6.02. The number of carbonyl (C=O) groups excluding carboxylic acids is 1. The Kier molecular flexibility index (Phi) is 6.21. The molecule has 0 spiro atoms. The first kappa shape index (κ1) is 13.8. The molecule has 4 heteroatoms. The van der Waals surface area contributed by atoms with Crippen molar-refractivity contribution in [3.8, 4) is 0 Å². The van der Waals surface area contributed by atoms with Crippen LogP contribution in [0.2, 0.25) is 0 Å². The summed E-state index contributed by atoms with van der Waals surface area (Å²) >= 11 is 1.87. The molecule has 0 aromatic heterocycles. The second kappa shape index (κ2) is 7.17. The maximum Gasteiger partial charge on any atom is 0.240 e. The Morgan fingerprint density at radius 2 is 2.38 bits per heavy atom. The second-order valence-corrected chi connectivity index (χ2v) is 5.77. The molecule has 1 saturated heterocycles. The molecule has 2 unspecified atom stereocenters. The van der Waals surface area contributed by atoms with E-state index in [4.69, 9.17) is 0 Å². The van der Waals surface area contributed by atoms with Crippen LogP contribution in [-0.4, -0.2) is 41.6 Å². The molecule has 0 aromatic rings. The second-order valence-electron chi connectivity index (χ2n) is 4.49. The topological polar surface area (TPSA) is 32.3 Å². The predicted octanol–water partition coefficient (Wildman–Crippen LogP) is 2.08. The molecule has 1 aliphatic heterocycles. The smallest absolute Gasteiger partial charge is 0.240 e. The zero-order valence-corrected chi connectivity index (χ0v) is 11.5. The van der Waals surface area contributed by atoms with Gasteiger partial charge in [-0.2, -0.15) is 11.8 Å². The molecule has 0 radical (unpaired) electrons. The lowest BCUT2D eigenvalue weighted by molar-refractivity contribution is -0.129. The summed E-state index contributed by atoms with van der Waals surface area (Å²) in [5, 5.41) is 3.94. The summed E-state index contributed by atoms with van der Waals surface area (Å²) in [5.74, 6) is 0.307. The van der Waals surface area contributed by atoms with E-state index < -0.39 is 0 Å². The highest BCUT2D eigenvalue weighted by molar-refractivity contribution is 7.99. The lowest BCUT2D eigenvalue weighted by Crippen LogP contribution is -2.31. The molecule has 0 aliphatic carbocycles. The SMILES string of the molecule is CCCCC1NCN(CCC(C)SC)C1=O. The summed E-state index contributed by atoms with van der Waals surface area (Å²) in [6, 6.07) is 0.0875. The molecular formula is C12H24N2OS. The van der Waals surface area contributed by atoms with E-state index in [1.54, 1.807) is 0 Å². The number of hydrogen-bond acceptors (Lipinski definition) is 3. The largest absolute Gasteiger partial charge is 0.329 e. The van der Waals surface area contributed by atoms with Crippen molar-refractivity contribution in [2.24, 2.45) is 0 Å². The first-order chi connectivity index (χ1) is 7.69. The van der Waals surface area contributed by atoms with Crippen LogP contribution < -0.4 is 5.32 Å². The number of unbranched alkanes of at least 4 members (excludes halogenated alkanes) is 1. The number of nitrogens with one attached hydrogen (secondary N) is 1. The fraction of sp³-hybridized carbons (Fsp3) is 0.917. The Hall–Kier alpha value is -0.220. The van der Waals surface area contributed by atoms with Gasteiger partial charge in [-0.05, 0) is 19.1 Å². The van der Waals surface area contributed by atoms with Crippen molar-refractivity contribution in [3.05, 3.63) is 0 Å². The zero-order chi connectivity index (χ0) is 12.0. The molecule has 0 saturated carbocycles. The lowest BCUT2D eigenvalue weighted by atomic mass is 10.1. The van der Waals surface area contributed by atoms with E-state index in [1.807, 2.05) is 16.7 Å². The molecule has 16 heavy (non-hydrogen) atoms. The number of thioether (sulfide) groups is 1. The van der Waals surface area contributed by atoms with Gasteiger partial charge in [0, 0.05) is 11.8 Å². The van der Waals surface area contributed by atoms with Gasteiger partial charge in [0.25, 0.3) is 0 Å². The van der Waals surface area contributed by atoms with Crippen molar-refractivity contribution in [2.75, 3.05) is 19.5 Å². The highest BCUT2D eigenvalue weighted by Gasteiger charge is 2.29. The third-order valence-electron chi connectivity index (χ3n) is 3.19. The Morgan fingerprint density at radius 1 is 1.62 bits per heavy atom. The highest BCUT2D eigenvalue weighted by Crippen LogP contribution is 2.14. The number of carbonyl (C=O) groups is 1.